The summed E-state index contributed by atoms with van der Waals surface area (Å²) in [5.74, 6) is -2.98. The summed E-state index contributed by atoms with van der Waals surface area (Å²) in [5.41, 5.74) is 0.449. The SMILES string of the molecule is C=CC(=O)OCCCOc1ccc(C(=O)Oc2ccc(OC(=O)c3ccc(OCCCOC(=O)C=C)cc3)c(OC(=O)c3ccc(OCCCOC(=O)C=C)cc3)c2)cc1. The molecule has 0 N–H and O–H groups in total. The lowest BCUT2D eigenvalue weighted by atomic mass is 10.2. The van der Waals surface area contributed by atoms with Crippen LogP contribution in [0.15, 0.2) is 129 Å². The molecule has 0 amide bonds. The van der Waals surface area contributed by atoms with Gasteiger partial charge in [0.15, 0.2) is 11.5 Å². The highest BCUT2D eigenvalue weighted by atomic mass is 16.6. The highest BCUT2D eigenvalue weighted by Gasteiger charge is 2.20. The van der Waals surface area contributed by atoms with E-state index >= 15 is 0 Å². The minimum absolute atomic E-state index is 0.0275. The maximum Gasteiger partial charge on any atom is 0.343 e. The van der Waals surface area contributed by atoms with Gasteiger partial charge in [0, 0.05) is 43.6 Å². The second-order valence-electron chi connectivity index (χ2n) is 12.1. The number of ether oxygens (including phenoxy) is 9. The molecule has 312 valence electrons. The van der Waals surface area contributed by atoms with Gasteiger partial charge in [-0.15, -0.1) is 0 Å². The lowest BCUT2D eigenvalue weighted by molar-refractivity contribution is -0.138. The van der Waals surface area contributed by atoms with Gasteiger partial charge in [0.1, 0.15) is 23.0 Å². The lowest BCUT2D eigenvalue weighted by Gasteiger charge is -2.13. The van der Waals surface area contributed by atoms with Crippen molar-refractivity contribution >= 4 is 35.8 Å². The van der Waals surface area contributed by atoms with Crippen LogP contribution in [0.3, 0.4) is 0 Å². The van der Waals surface area contributed by atoms with Crippen molar-refractivity contribution in [2.75, 3.05) is 39.6 Å². The maximum absolute atomic E-state index is 13.3. The van der Waals surface area contributed by atoms with E-state index in [0.29, 0.717) is 36.5 Å². The molecule has 60 heavy (non-hydrogen) atoms. The summed E-state index contributed by atoms with van der Waals surface area (Å²) in [6, 6.07) is 22.1. The second kappa shape index (κ2) is 24.2. The van der Waals surface area contributed by atoms with Crippen LogP contribution in [0.25, 0.3) is 0 Å². The monoisotopic (exact) mass is 822 g/mol. The van der Waals surface area contributed by atoms with Gasteiger partial charge in [-0.25, -0.2) is 28.8 Å². The van der Waals surface area contributed by atoms with Gasteiger partial charge in [0.25, 0.3) is 0 Å². The largest absolute Gasteiger partial charge is 0.493 e. The molecular weight excluding hydrogens is 780 g/mol. The predicted molar refractivity (Wildman–Crippen MR) is 214 cm³/mol. The highest BCUT2D eigenvalue weighted by Crippen LogP contribution is 2.34. The van der Waals surface area contributed by atoms with Crippen LogP contribution in [-0.4, -0.2) is 75.5 Å². The normalized spacial score (nSPS) is 10.2. The fourth-order valence-electron chi connectivity index (χ4n) is 4.70. The van der Waals surface area contributed by atoms with E-state index in [1.165, 1.54) is 54.6 Å². The van der Waals surface area contributed by atoms with Gasteiger partial charge >= 0.3 is 35.8 Å². The van der Waals surface area contributed by atoms with Crippen LogP contribution in [0.4, 0.5) is 0 Å². The Morgan fingerprint density at radius 2 is 0.700 bits per heavy atom. The third-order valence-corrected chi connectivity index (χ3v) is 7.71. The number of carbonyl (C=O) groups is 6. The van der Waals surface area contributed by atoms with E-state index in [2.05, 4.69) is 19.7 Å². The van der Waals surface area contributed by atoms with Crippen LogP contribution in [-0.2, 0) is 28.6 Å². The molecule has 4 rings (SSSR count). The topological polar surface area (TPSA) is 185 Å². The van der Waals surface area contributed by atoms with Crippen LogP contribution < -0.4 is 28.4 Å². The summed E-state index contributed by atoms with van der Waals surface area (Å²) >= 11 is 0. The molecule has 0 radical (unpaired) electrons. The quantitative estimate of drug-likeness (QED) is 0.0235. The standard InChI is InChI=1S/C45H42O15/c1-4-40(46)55-27-7-24-52-34-16-10-31(11-17-34)43(49)58-37-22-23-38(59-44(50)32-12-18-35(19-13-32)53-25-8-28-56-41(47)5-2)39(30-37)60-45(51)33-14-20-36(21-15-33)54-26-9-29-57-42(48)6-3/h4-6,10-23,30H,1-3,7-9,24-29H2. The summed E-state index contributed by atoms with van der Waals surface area (Å²) in [6.07, 6.45) is 4.52. The molecule has 15 nitrogen and oxygen atoms in total. The van der Waals surface area contributed by atoms with Crippen molar-refractivity contribution in [3.8, 4) is 34.5 Å². The van der Waals surface area contributed by atoms with Gasteiger partial charge < -0.3 is 42.6 Å². The summed E-state index contributed by atoms with van der Waals surface area (Å²) in [6.45, 7) is 11.2. The lowest BCUT2D eigenvalue weighted by Crippen LogP contribution is -2.14. The third-order valence-electron chi connectivity index (χ3n) is 7.71. The van der Waals surface area contributed by atoms with Gasteiger partial charge in [-0.3, -0.25) is 0 Å². The molecule has 0 atom stereocenters. The van der Waals surface area contributed by atoms with Crippen LogP contribution in [0.2, 0.25) is 0 Å². The fraction of sp³-hybridized carbons (Fsp3) is 0.200. The fourth-order valence-corrected chi connectivity index (χ4v) is 4.70. The molecule has 0 spiro atoms. The molecule has 4 aromatic carbocycles. The number of hydrogen-bond donors (Lipinski definition) is 0. The van der Waals surface area contributed by atoms with E-state index in [1.807, 2.05) is 0 Å². The van der Waals surface area contributed by atoms with E-state index in [4.69, 9.17) is 42.6 Å². The van der Waals surface area contributed by atoms with Gasteiger partial charge in [0.2, 0.25) is 0 Å². The van der Waals surface area contributed by atoms with Crippen molar-refractivity contribution in [3.63, 3.8) is 0 Å². The van der Waals surface area contributed by atoms with E-state index in [9.17, 15) is 28.8 Å². The zero-order valence-corrected chi connectivity index (χ0v) is 32.5. The molecule has 0 saturated carbocycles. The minimum atomic E-state index is -0.825. The Kier molecular flexibility index (Phi) is 18.1. The van der Waals surface area contributed by atoms with Crippen LogP contribution in [0.5, 0.6) is 34.5 Å². The van der Waals surface area contributed by atoms with Gasteiger partial charge in [-0.05, 0) is 84.9 Å². The van der Waals surface area contributed by atoms with Gasteiger partial charge in [0.05, 0.1) is 56.3 Å². The molecule has 0 aliphatic carbocycles. The van der Waals surface area contributed by atoms with Crippen molar-refractivity contribution in [2.24, 2.45) is 0 Å². The summed E-state index contributed by atoms with van der Waals surface area (Å²) < 4.78 is 48.5. The molecule has 0 saturated heterocycles. The van der Waals surface area contributed by atoms with Crippen molar-refractivity contribution in [1.82, 2.24) is 0 Å². The van der Waals surface area contributed by atoms with E-state index in [-0.39, 0.29) is 73.6 Å². The number of benzene rings is 4. The molecule has 0 aliphatic rings. The second-order valence-corrected chi connectivity index (χ2v) is 12.1. The Bertz CT molecular complexity index is 2120. The highest BCUT2D eigenvalue weighted by molar-refractivity contribution is 5.94. The maximum atomic E-state index is 13.3. The molecular formula is C45H42O15. The third kappa shape index (κ3) is 15.3. The Balaban J connectivity index is 1.42. The molecule has 0 heterocycles. The smallest absolute Gasteiger partial charge is 0.343 e. The van der Waals surface area contributed by atoms with E-state index in [0.717, 1.165) is 18.2 Å². The Labute approximate surface area is 345 Å². The van der Waals surface area contributed by atoms with Crippen LogP contribution in [0, 0.1) is 0 Å². The number of hydrogen-bond acceptors (Lipinski definition) is 15. The summed E-state index contributed by atoms with van der Waals surface area (Å²) in [4.78, 5) is 73.2. The van der Waals surface area contributed by atoms with E-state index < -0.39 is 35.8 Å². The zero-order valence-electron chi connectivity index (χ0n) is 32.5. The first-order valence-electron chi connectivity index (χ1n) is 18.4. The zero-order chi connectivity index (χ0) is 43.1. The van der Waals surface area contributed by atoms with Crippen molar-refractivity contribution in [1.29, 1.82) is 0 Å². The molecule has 0 aromatic heterocycles. The Morgan fingerprint density at radius 3 is 1.05 bits per heavy atom. The van der Waals surface area contributed by atoms with Crippen molar-refractivity contribution in [2.45, 2.75) is 19.3 Å². The molecule has 0 fully saturated rings. The van der Waals surface area contributed by atoms with Gasteiger partial charge in [-0.1, -0.05) is 19.7 Å². The Morgan fingerprint density at radius 1 is 0.383 bits per heavy atom. The summed E-state index contributed by atoms with van der Waals surface area (Å²) in [5, 5.41) is 0. The van der Waals surface area contributed by atoms with Crippen molar-refractivity contribution < 1.29 is 71.4 Å². The molecule has 0 bridgehead atoms. The number of carbonyl (C=O) groups excluding carboxylic acids is 6. The number of rotatable bonds is 24. The average molecular weight is 823 g/mol. The first-order valence-corrected chi connectivity index (χ1v) is 18.4. The first kappa shape index (κ1) is 45.0. The van der Waals surface area contributed by atoms with Gasteiger partial charge in [-0.2, -0.15) is 0 Å². The molecule has 0 aliphatic heterocycles. The predicted octanol–water partition coefficient (Wildman–Crippen LogP) is 6.84. The molecule has 4 aromatic rings. The molecule has 0 unspecified atom stereocenters. The van der Waals surface area contributed by atoms with Crippen molar-refractivity contribution in [3.05, 3.63) is 146 Å². The first-order chi connectivity index (χ1) is 29.1. The Hall–Kier alpha value is -7.68. The average Bonchev–Trinajstić information content (AvgIpc) is 3.27. The number of esters is 6. The van der Waals surface area contributed by atoms with Crippen LogP contribution >= 0.6 is 0 Å². The molecule has 15 heteroatoms. The minimum Gasteiger partial charge on any atom is -0.493 e. The van der Waals surface area contributed by atoms with Crippen LogP contribution in [0.1, 0.15) is 50.3 Å². The van der Waals surface area contributed by atoms with E-state index in [1.54, 1.807) is 36.4 Å². The summed E-state index contributed by atoms with van der Waals surface area (Å²) in [7, 11) is 0.